The first-order valence-corrected chi connectivity index (χ1v) is 10.5. The maximum absolute atomic E-state index is 13.5. The number of nitrogens with one attached hydrogen (secondary N) is 1. The molecule has 4 aromatic rings. The van der Waals surface area contributed by atoms with Crippen molar-refractivity contribution in [1.29, 1.82) is 0 Å². The van der Waals surface area contributed by atoms with E-state index in [2.05, 4.69) is 25.5 Å². The van der Waals surface area contributed by atoms with Gasteiger partial charge in [0.15, 0.2) is 5.65 Å². The lowest BCUT2D eigenvalue weighted by molar-refractivity contribution is -0.116. The highest BCUT2D eigenvalue weighted by Crippen LogP contribution is 2.32. The number of pyridine rings is 1. The van der Waals surface area contributed by atoms with E-state index in [4.69, 9.17) is 23.2 Å². The lowest BCUT2D eigenvalue weighted by Gasteiger charge is -2.08. The van der Waals surface area contributed by atoms with Gasteiger partial charge in [0.2, 0.25) is 11.9 Å². The monoisotopic (exact) mass is 515 g/mol. The number of nitrogens with zero attached hydrogens (tertiary/aromatic N) is 6. The Balaban J connectivity index is 1.53. The highest BCUT2D eigenvalue weighted by molar-refractivity contribution is 6.35. The van der Waals surface area contributed by atoms with E-state index < -0.39 is 36.6 Å². The molecule has 0 fully saturated rings. The van der Waals surface area contributed by atoms with E-state index in [0.29, 0.717) is 16.1 Å². The van der Waals surface area contributed by atoms with Gasteiger partial charge in [0.1, 0.15) is 18.6 Å². The first kappa shape index (κ1) is 23.9. The maximum Gasteiger partial charge on any atom is 0.280 e. The molecule has 3 heterocycles. The standard InChI is InChI=1S/C20H15Cl2F4N7O/c1-9-16-12(17(23)24)5-14(18(25)26)28-19(16)33(30-9)7-15(34)29-20-27-8-32(31-20)6-10-2-3-11(21)4-13(10)22/h2-5,8,17-18H,6-7H2,1H3,(H,29,31,34). The van der Waals surface area contributed by atoms with E-state index in [-0.39, 0.29) is 29.2 Å². The zero-order valence-corrected chi connectivity index (χ0v) is 18.8. The van der Waals surface area contributed by atoms with E-state index >= 15 is 0 Å². The lowest BCUT2D eigenvalue weighted by atomic mass is 10.1. The van der Waals surface area contributed by atoms with E-state index in [1.54, 1.807) is 18.2 Å². The topological polar surface area (TPSA) is 90.5 Å². The van der Waals surface area contributed by atoms with Crippen LogP contribution in [0.4, 0.5) is 23.5 Å². The van der Waals surface area contributed by atoms with Crippen LogP contribution in [0.1, 0.15) is 35.4 Å². The molecule has 0 radical (unpaired) electrons. The number of halogens is 6. The average Bonchev–Trinajstić information content (AvgIpc) is 3.33. The zero-order chi connectivity index (χ0) is 24.6. The molecule has 1 aromatic carbocycles. The number of carbonyl (C=O) groups is 1. The Kier molecular flexibility index (Phi) is 6.71. The highest BCUT2D eigenvalue weighted by Gasteiger charge is 2.24. The van der Waals surface area contributed by atoms with Crippen LogP contribution < -0.4 is 5.32 Å². The zero-order valence-electron chi connectivity index (χ0n) is 17.3. The molecule has 34 heavy (non-hydrogen) atoms. The predicted octanol–water partition coefficient (Wildman–Crippen LogP) is 5.20. The largest absolute Gasteiger partial charge is 0.292 e. The number of aryl methyl sites for hydroxylation is 1. The van der Waals surface area contributed by atoms with Crippen molar-refractivity contribution in [2.75, 3.05) is 5.32 Å². The molecule has 0 spiro atoms. The summed E-state index contributed by atoms with van der Waals surface area (Å²) in [6, 6.07) is 5.64. The average molecular weight is 516 g/mol. The third-order valence-electron chi connectivity index (χ3n) is 4.81. The van der Waals surface area contributed by atoms with Gasteiger partial charge in [-0.25, -0.2) is 36.9 Å². The SMILES string of the molecule is Cc1nn(CC(=O)Nc2ncn(Cc3ccc(Cl)cc3Cl)n2)c2nc(C(F)F)cc(C(F)F)c12. The van der Waals surface area contributed by atoms with Crippen LogP contribution in [0.5, 0.6) is 0 Å². The number of hydrogen-bond acceptors (Lipinski definition) is 5. The second kappa shape index (κ2) is 9.55. The molecule has 0 saturated heterocycles. The van der Waals surface area contributed by atoms with Gasteiger partial charge >= 0.3 is 0 Å². The Hall–Kier alpha value is -3.25. The Morgan fingerprint density at radius 1 is 1.12 bits per heavy atom. The summed E-state index contributed by atoms with van der Waals surface area (Å²) in [5.74, 6) is -0.688. The molecule has 4 rings (SSSR count). The first-order chi connectivity index (χ1) is 16.1. The number of carbonyl (C=O) groups excluding carboxylic acids is 1. The molecular formula is C20H15Cl2F4N7O. The fourth-order valence-electron chi connectivity index (χ4n) is 3.35. The first-order valence-electron chi connectivity index (χ1n) is 9.70. The Morgan fingerprint density at radius 3 is 2.56 bits per heavy atom. The second-order valence-electron chi connectivity index (χ2n) is 7.23. The van der Waals surface area contributed by atoms with Crippen LogP contribution in [0.2, 0.25) is 10.0 Å². The van der Waals surface area contributed by atoms with Gasteiger partial charge in [0.25, 0.3) is 12.9 Å². The van der Waals surface area contributed by atoms with Crippen molar-refractivity contribution in [2.24, 2.45) is 0 Å². The molecule has 0 aliphatic rings. The second-order valence-corrected chi connectivity index (χ2v) is 8.07. The number of fused-ring (bicyclic) bond motifs is 1. The van der Waals surface area contributed by atoms with Crippen molar-refractivity contribution in [3.05, 3.63) is 63.2 Å². The summed E-state index contributed by atoms with van der Waals surface area (Å²) in [5, 5.41) is 11.5. The summed E-state index contributed by atoms with van der Waals surface area (Å²) >= 11 is 12.0. The van der Waals surface area contributed by atoms with Gasteiger partial charge in [-0.1, -0.05) is 29.3 Å². The summed E-state index contributed by atoms with van der Waals surface area (Å²) in [5.41, 5.74) is -0.829. The van der Waals surface area contributed by atoms with Crippen molar-refractivity contribution in [2.45, 2.75) is 32.9 Å². The van der Waals surface area contributed by atoms with Gasteiger partial charge in [-0.05, 0) is 30.7 Å². The summed E-state index contributed by atoms with van der Waals surface area (Å²) in [6.07, 6.45) is -4.71. The van der Waals surface area contributed by atoms with Crippen LogP contribution in [0, 0.1) is 6.92 Å². The number of anilines is 1. The molecule has 3 aromatic heterocycles. The molecule has 8 nitrogen and oxygen atoms in total. The summed E-state index contributed by atoms with van der Waals surface area (Å²) in [6.45, 7) is 1.21. The van der Waals surface area contributed by atoms with Gasteiger partial charge in [-0.3, -0.25) is 10.1 Å². The Bertz CT molecular complexity index is 1370. The van der Waals surface area contributed by atoms with Crippen LogP contribution in [0.3, 0.4) is 0 Å². The van der Waals surface area contributed by atoms with Crippen LogP contribution in [0.15, 0.2) is 30.6 Å². The molecule has 0 aliphatic heterocycles. The predicted molar refractivity (Wildman–Crippen MR) is 116 cm³/mol. The fourth-order valence-corrected chi connectivity index (χ4v) is 3.82. The quantitative estimate of drug-likeness (QED) is 0.341. The third kappa shape index (κ3) is 4.97. The summed E-state index contributed by atoms with van der Waals surface area (Å²) < 4.78 is 55.7. The van der Waals surface area contributed by atoms with Crippen LogP contribution in [0.25, 0.3) is 11.0 Å². The third-order valence-corrected chi connectivity index (χ3v) is 5.40. The van der Waals surface area contributed by atoms with Crippen LogP contribution >= 0.6 is 23.2 Å². The van der Waals surface area contributed by atoms with Crippen molar-refractivity contribution in [1.82, 2.24) is 29.5 Å². The lowest BCUT2D eigenvalue weighted by Crippen LogP contribution is -2.21. The summed E-state index contributed by atoms with van der Waals surface area (Å²) in [4.78, 5) is 20.2. The number of amides is 1. The number of hydrogen-bond donors (Lipinski definition) is 1. The molecule has 0 unspecified atom stereocenters. The Labute approximate surface area is 199 Å². The van der Waals surface area contributed by atoms with E-state index in [1.165, 1.54) is 17.9 Å². The molecule has 0 saturated carbocycles. The van der Waals surface area contributed by atoms with Crippen molar-refractivity contribution >= 4 is 46.1 Å². The minimum absolute atomic E-state index is 0.0298. The van der Waals surface area contributed by atoms with E-state index in [1.807, 2.05) is 0 Å². The molecule has 1 amide bonds. The molecule has 0 atom stereocenters. The fraction of sp³-hybridized carbons (Fsp3) is 0.250. The highest BCUT2D eigenvalue weighted by atomic mass is 35.5. The normalized spacial score (nSPS) is 11.7. The number of rotatable bonds is 7. The number of alkyl halides is 4. The van der Waals surface area contributed by atoms with E-state index in [0.717, 1.165) is 10.2 Å². The molecule has 1 N–H and O–H groups in total. The minimum Gasteiger partial charge on any atom is -0.292 e. The van der Waals surface area contributed by atoms with Crippen molar-refractivity contribution < 1.29 is 22.4 Å². The minimum atomic E-state index is -3.07. The smallest absolute Gasteiger partial charge is 0.280 e. The molecule has 0 bridgehead atoms. The van der Waals surface area contributed by atoms with Gasteiger partial charge in [0, 0.05) is 15.6 Å². The van der Waals surface area contributed by atoms with Crippen molar-refractivity contribution in [3.8, 4) is 0 Å². The molecular weight excluding hydrogens is 501 g/mol. The number of benzene rings is 1. The molecule has 0 aliphatic carbocycles. The number of aromatic nitrogens is 6. The van der Waals surface area contributed by atoms with Crippen molar-refractivity contribution in [3.63, 3.8) is 0 Å². The van der Waals surface area contributed by atoms with Gasteiger partial charge in [-0.15, -0.1) is 5.10 Å². The van der Waals surface area contributed by atoms with Crippen LogP contribution in [-0.2, 0) is 17.9 Å². The van der Waals surface area contributed by atoms with Gasteiger partial charge < -0.3 is 0 Å². The Morgan fingerprint density at radius 2 is 1.88 bits per heavy atom. The van der Waals surface area contributed by atoms with Gasteiger partial charge in [0.05, 0.1) is 17.6 Å². The maximum atomic E-state index is 13.5. The summed E-state index contributed by atoms with van der Waals surface area (Å²) in [7, 11) is 0. The molecule has 14 heteroatoms. The van der Waals surface area contributed by atoms with E-state index in [9.17, 15) is 22.4 Å². The van der Waals surface area contributed by atoms with Crippen LogP contribution in [-0.4, -0.2) is 35.4 Å². The molecule has 178 valence electrons. The van der Waals surface area contributed by atoms with Gasteiger partial charge in [-0.2, -0.15) is 5.10 Å².